The van der Waals surface area contributed by atoms with E-state index in [0.717, 1.165) is 23.4 Å². The fourth-order valence-electron chi connectivity index (χ4n) is 4.26. The summed E-state index contributed by atoms with van der Waals surface area (Å²) in [6.45, 7) is 3.34. The zero-order chi connectivity index (χ0) is 14.4. The first-order valence-corrected chi connectivity index (χ1v) is 8.83. The molecular weight excluding hydrogens is 284 g/mol. The number of amides is 1. The molecule has 1 N–H and O–H groups in total. The summed E-state index contributed by atoms with van der Waals surface area (Å²) in [6, 6.07) is 0.536. The quantitative estimate of drug-likeness (QED) is 0.796. The van der Waals surface area contributed by atoms with Crippen molar-refractivity contribution in [1.82, 2.24) is 5.32 Å². The molecule has 1 amide bonds. The summed E-state index contributed by atoms with van der Waals surface area (Å²) in [6.07, 6.45) is 8.26. The number of thioether (sulfide) groups is 1. The number of rotatable bonds is 2. The van der Waals surface area contributed by atoms with Crippen LogP contribution < -0.4 is 5.32 Å². The van der Waals surface area contributed by atoms with Gasteiger partial charge in [-0.3, -0.25) is 4.79 Å². The second kappa shape index (κ2) is 5.13. The number of aliphatic imine (C=N–C) groups is 1. The highest BCUT2D eigenvalue weighted by atomic mass is 32.2. The topological polar surface area (TPSA) is 50.7 Å². The monoisotopic (exact) mass is 306 g/mol. The maximum absolute atomic E-state index is 12.4. The lowest BCUT2D eigenvalue weighted by atomic mass is 9.95. The van der Waals surface area contributed by atoms with Crippen LogP contribution in [0.25, 0.3) is 0 Å². The predicted octanol–water partition coefficient (Wildman–Crippen LogP) is 2.50. The van der Waals surface area contributed by atoms with Gasteiger partial charge in [0, 0.05) is 6.04 Å². The summed E-state index contributed by atoms with van der Waals surface area (Å²) in [7, 11) is 0. The number of nitrogens with one attached hydrogen (secondary N) is 1. The van der Waals surface area contributed by atoms with Gasteiger partial charge in [0.2, 0.25) is 0 Å². The maximum Gasteiger partial charge on any atom is 0.268 e. The summed E-state index contributed by atoms with van der Waals surface area (Å²) < 4.78 is 4.85. The molecule has 2 heterocycles. The first-order chi connectivity index (χ1) is 10.1. The molecular formula is C16H22N2O2S. The Kier molecular flexibility index (Phi) is 3.38. The molecule has 2 aliphatic carbocycles. The number of nitrogens with zero attached hydrogens (tertiary/aromatic N) is 1. The Hall–Kier alpha value is -0.810. The smallest absolute Gasteiger partial charge is 0.268 e. The van der Waals surface area contributed by atoms with Gasteiger partial charge in [-0.1, -0.05) is 24.3 Å². The lowest BCUT2D eigenvalue weighted by Crippen LogP contribution is -2.37. The molecule has 4 aliphatic rings. The number of hydrogen-bond acceptors (Lipinski definition) is 4. The van der Waals surface area contributed by atoms with Gasteiger partial charge in [0.25, 0.3) is 5.91 Å². The zero-order valence-electron chi connectivity index (χ0n) is 12.4. The largest absolute Gasteiger partial charge is 0.377 e. The van der Waals surface area contributed by atoms with Crippen molar-refractivity contribution >= 4 is 22.8 Å². The minimum atomic E-state index is -0.510. The highest BCUT2D eigenvalue weighted by Crippen LogP contribution is 2.46. The maximum atomic E-state index is 12.4. The Morgan fingerprint density at radius 3 is 3.00 bits per heavy atom. The number of ether oxygens (including phenoxy) is 1. The average molecular weight is 306 g/mol. The van der Waals surface area contributed by atoms with Crippen LogP contribution in [-0.4, -0.2) is 35.1 Å². The highest BCUT2D eigenvalue weighted by Gasteiger charge is 2.46. The molecule has 0 saturated heterocycles. The van der Waals surface area contributed by atoms with E-state index in [1.165, 1.54) is 31.3 Å². The number of amidine groups is 1. The van der Waals surface area contributed by atoms with Crippen LogP contribution in [0.3, 0.4) is 0 Å². The van der Waals surface area contributed by atoms with Crippen LogP contribution in [0, 0.1) is 11.8 Å². The van der Waals surface area contributed by atoms with Crippen molar-refractivity contribution < 1.29 is 9.53 Å². The van der Waals surface area contributed by atoms with Crippen LogP contribution in [0.2, 0.25) is 0 Å². The van der Waals surface area contributed by atoms with Gasteiger partial charge in [0.15, 0.2) is 5.17 Å². The number of carbonyl (C=O) groups excluding carboxylic acids is 1. The molecule has 4 rings (SSSR count). The molecule has 4 nitrogen and oxygen atoms in total. The van der Waals surface area contributed by atoms with Crippen molar-refractivity contribution in [2.75, 3.05) is 13.2 Å². The van der Waals surface area contributed by atoms with Crippen LogP contribution in [0.1, 0.15) is 39.0 Å². The van der Waals surface area contributed by atoms with E-state index >= 15 is 0 Å². The highest BCUT2D eigenvalue weighted by molar-refractivity contribution is 8.16. The van der Waals surface area contributed by atoms with Crippen molar-refractivity contribution in [3.05, 3.63) is 11.6 Å². The lowest BCUT2D eigenvalue weighted by molar-refractivity contribution is -0.118. The summed E-state index contributed by atoms with van der Waals surface area (Å²) in [5, 5.41) is 4.41. The SMILES string of the molecule is CC1(C2=CCOCC2)SC(N[C@H]2C[C@@H]3CCC2C3)=NC1=O. The summed E-state index contributed by atoms with van der Waals surface area (Å²) in [4.78, 5) is 16.7. The summed E-state index contributed by atoms with van der Waals surface area (Å²) in [5.41, 5.74) is 1.18. The van der Waals surface area contributed by atoms with Crippen molar-refractivity contribution in [3.63, 3.8) is 0 Å². The van der Waals surface area contributed by atoms with E-state index in [4.69, 9.17) is 4.74 Å². The molecule has 4 atom stereocenters. The van der Waals surface area contributed by atoms with E-state index in [9.17, 15) is 4.79 Å². The molecule has 0 aromatic heterocycles. The van der Waals surface area contributed by atoms with Crippen molar-refractivity contribution in [2.45, 2.75) is 49.8 Å². The normalized spacial score (nSPS) is 42.1. The minimum Gasteiger partial charge on any atom is -0.377 e. The third-order valence-corrected chi connectivity index (χ3v) is 6.78. The van der Waals surface area contributed by atoms with E-state index in [1.807, 2.05) is 6.92 Å². The summed E-state index contributed by atoms with van der Waals surface area (Å²) >= 11 is 1.61. The molecule has 5 heteroatoms. The second-order valence-corrected chi connectivity index (χ2v) is 8.24. The van der Waals surface area contributed by atoms with Gasteiger partial charge in [-0.2, -0.15) is 4.99 Å². The molecule has 114 valence electrons. The Morgan fingerprint density at radius 2 is 2.33 bits per heavy atom. The Labute approximate surface area is 129 Å². The Bertz CT molecular complexity index is 530. The first-order valence-electron chi connectivity index (χ1n) is 8.01. The van der Waals surface area contributed by atoms with E-state index in [2.05, 4.69) is 16.4 Å². The number of hydrogen-bond donors (Lipinski definition) is 1. The average Bonchev–Trinajstić information content (AvgIpc) is 3.16. The molecule has 21 heavy (non-hydrogen) atoms. The third-order valence-electron chi connectivity index (χ3n) is 5.54. The predicted molar refractivity (Wildman–Crippen MR) is 84.3 cm³/mol. The molecule has 2 unspecified atom stereocenters. The second-order valence-electron chi connectivity index (χ2n) is 6.84. The number of fused-ring (bicyclic) bond motifs is 2. The van der Waals surface area contributed by atoms with Gasteiger partial charge in [0.05, 0.1) is 13.2 Å². The van der Waals surface area contributed by atoms with Gasteiger partial charge in [-0.25, -0.2) is 0 Å². The molecule has 0 aromatic carbocycles. The van der Waals surface area contributed by atoms with Gasteiger partial charge in [-0.05, 0) is 50.0 Å². The minimum absolute atomic E-state index is 0.00805. The van der Waals surface area contributed by atoms with E-state index < -0.39 is 4.75 Å². The summed E-state index contributed by atoms with van der Waals surface area (Å²) in [5.74, 6) is 1.69. The fourth-order valence-corrected chi connectivity index (χ4v) is 5.44. The molecule has 2 aliphatic heterocycles. The van der Waals surface area contributed by atoms with Crippen molar-refractivity contribution in [1.29, 1.82) is 0 Å². The Morgan fingerprint density at radius 1 is 1.43 bits per heavy atom. The van der Waals surface area contributed by atoms with Crippen LogP contribution in [0.15, 0.2) is 16.6 Å². The van der Waals surface area contributed by atoms with E-state index in [-0.39, 0.29) is 5.91 Å². The zero-order valence-corrected chi connectivity index (χ0v) is 13.2. The van der Waals surface area contributed by atoms with Gasteiger partial charge >= 0.3 is 0 Å². The first kappa shape index (κ1) is 13.8. The molecule has 2 saturated carbocycles. The van der Waals surface area contributed by atoms with Gasteiger partial charge < -0.3 is 10.1 Å². The lowest BCUT2D eigenvalue weighted by Gasteiger charge is -2.28. The molecule has 0 aromatic rings. The molecule has 2 fully saturated rings. The van der Waals surface area contributed by atoms with Gasteiger partial charge in [0.1, 0.15) is 4.75 Å². The Balaban J connectivity index is 1.45. The van der Waals surface area contributed by atoms with Crippen LogP contribution in [0.4, 0.5) is 0 Å². The van der Waals surface area contributed by atoms with E-state index in [1.54, 1.807) is 11.8 Å². The van der Waals surface area contributed by atoms with Gasteiger partial charge in [-0.15, -0.1) is 0 Å². The van der Waals surface area contributed by atoms with Crippen molar-refractivity contribution in [3.8, 4) is 0 Å². The van der Waals surface area contributed by atoms with Crippen LogP contribution >= 0.6 is 11.8 Å². The standard InChI is InChI=1S/C16H22N2O2S/c1-16(12-4-6-20-7-5-12)14(19)18-15(21-16)17-13-9-10-2-3-11(13)8-10/h4,10-11,13H,2-3,5-9H2,1H3,(H,17,18,19)/t10-,11?,13+,16?/m1/s1. The third kappa shape index (κ3) is 2.34. The fraction of sp³-hybridized carbons (Fsp3) is 0.750. The van der Waals surface area contributed by atoms with Crippen LogP contribution in [-0.2, 0) is 9.53 Å². The van der Waals surface area contributed by atoms with Crippen molar-refractivity contribution in [2.24, 2.45) is 16.8 Å². The molecule has 2 bridgehead atoms. The van der Waals surface area contributed by atoms with E-state index in [0.29, 0.717) is 19.3 Å². The molecule has 0 spiro atoms. The number of carbonyl (C=O) groups is 1. The molecule has 0 radical (unpaired) electrons. The van der Waals surface area contributed by atoms with Crippen LogP contribution in [0.5, 0.6) is 0 Å².